The van der Waals surface area contributed by atoms with Gasteiger partial charge in [-0.25, -0.2) is 4.99 Å². The van der Waals surface area contributed by atoms with Gasteiger partial charge in [0.2, 0.25) is 0 Å². The summed E-state index contributed by atoms with van der Waals surface area (Å²) >= 11 is 0. The van der Waals surface area contributed by atoms with Crippen LogP contribution in [0.3, 0.4) is 0 Å². The zero-order chi connectivity index (χ0) is 19.5. The number of hydrogen-bond acceptors (Lipinski definition) is 3. The third kappa shape index (κ3) is 4.94. The van der Waals surface area contributed by atoms with E-state index in [4.69, 9.17) is 9.41 Å². The van der Waals surface area contributed by atoms with Crippen LogP contribution in [0.15, 0.2) is 46.1 Å². The first kappa shape index (κ1) is 21.7. The highest BCUT2D eigenvalue weighted by Gasteiger charge is 2.25. The van der Waals surface area contributed by atoms with Crippen LogP contribution in [-0.2, 0) is 20.0 Å². The lowest BCUT2D eigenvalue weighted by Gasteiger charge is -2.21. The van der Waals surface area contributed by atoms with E-state index in [9.17, 15) is 0 Å². The fourth-order valence-corrected chi connectivity index (χ4v) is 4.05. The molecule has 1 atom stereocenters. The largest absolute Gasteiger partial charge is 0.459 e. The highest BCUT2D eigenvalue weighted by molar-refractivity contribution is 14.0. The molecule has 6 nitrogen and oxygen atoms in total. The summed E-state index contributed by atoms with van der Waals surface area (Å²) in [5, 5.41) is 8.92. The van der Waals surface area contributed by atoms with Crippen LogP contribution in [0, 0.1) is 12.8 Å². The molecule has 156 valence electrons. The number of aryl methyl sites for hydroxylation is 2. The molecule has 0 bridgehead atoms. The van der Waals surface area contributed by atoms with E-state index in [2.05, 4.69) is 47.5 Å². The molecule has 0 spiro atoms. The second kappa shape index (κ2) is 9.65. The molecule has 0 amide bonds. The Labute approximate surface area is 189 Å². The van der Waals surface area contributed by atoms with Crippen molar-refractivity contribution in [2.24, 2.45) is 18.0 Å². The van der Waals surface area contributed by atoms with E-state index < -0.39 is 0 Å². The third-order valence-electron chi connectivity index (χ3n) is 5.52. The molecule has 7 heteroatoms. The molecule has 1 aromatic carbocycles. The van der Waals surface area contributed by atoms with Crippen LogP contribution in [0.4, 0.5) is 0 Å². The number of halogens is 1. The lowest BCUT2D eigenvalue weighted by molar-refractivity contribution is 0.457. The fourth-order valence-electron chi connectivity index (χ4n) is 4.05. The van der Waals surface area contributed by atoms with Gasteiger partial charge in [0.25, 0.3) is 0 Å². The van der Waals surface area contributed by atoms with Crippen molar-refractivity contribution in [3.05, 3.63) is 53.5 Å². The maximum atomic E-state index is 6.03. The summed E-state index contributed by atoms with van der Waals surface area (Å²) in [5.74, 6) is 2.57. The van der Waals surface area contributed by atoms with Gasteiger partial charge in [-0.15, -0.1) is 24.0 Å². The molecule has 1 aliphatic rings. The number of benzene rings is 1. The molecule has 4 rings (SSSR count). The first-order chi connectivity index (χ1) is 13.6. The Bertz CT molecular complexity index is 977. The van der Waals surface area contributed by atoms with Crippen molar-refractivity contribution < 1.29 is 4.42 Å². The lowest BCUT2D eigenvalue weighted by atomic mass is 10.0. The maximum Gasteiger partial charge on any atom is 0.194 e. The quantitative estimate of drug-likeness (QED) is 0.321. The summed E-state index contributed by atoms with van der Waals surface area (Å²) in [6.45, 7) is 7.72. The van der Waals surface area contributed by atoms with Crippen molar-refractivity contribution in [3.63, 3.8) is 0 Å². The molecule has 0 aliphatic carbocycles. The van der Waals surface area contributed by atoms with E-state index in [0.29, 0.717) is 12.5 Å². The van der Waals surface area contributed by atoms with Crippen LogP contribution in [0.5, 0.6) is 0 Å². The van der Waals surface area contributed by atoms with Crippen LogP contribution in [-0.4, -0.2) is 40.3 Å². The molecule has 0 saturated carbocycles. The summed E-state index contributed by atoms with van der Waals surface area (Å²) in [6.07, 6.45) is 6.36. The summed E-state index contributed by atoms with van der Waals surface area (Å²) in [5.41, 5.74) is 3.44. The van der Waals surface area contributed by atoms with Crippen molar-refractivity contribution in [1.29, 1.82) is 0 Å². The predicted molar refractivity (Wildman–Crippen MR) is 128 cm³/mol. The third-order valence-corrected chi connectivity index (χ3v) is 5.52. The van der Waals surface area contributed by atoms with E-state index in [1.165, 1.54) is 22.9 Å². The van der Waals surface area contributed by atoms with E-state index >= 15 is 0 Å². The van der Waals surface area contributed by atoms with Gasteiger partial charge in [-0.3, -0.25) is 4.68 Å². The molecule has 3 aromatic rings. The normalized spacial score (nSPS) is 17.0. The molecule has 3 heterocycles. The second-order valence-electron chi connectivity index (χ2n) is 7.64. The van der Waals surface area contributed by atoms with E-state index in [1.807, 2.05) is 30.1 Å². The zero-order valence-electron chi connectivity index (χ0n) is 17.4. The lowest BCUT2D eigenvalue weighted by Crippen LogP contribution is -2.40. The van der Waals surface area contributed by atoms with Crippen LogP contribution in [0.1, 0.15) is 30.2 Å². The number of fused-ring (bicyclic) bond motifs is 1. The van der Waals surface area contributed by atoms with Crippen LogP contribution >= 0.6 is 24.0 Å². The number of para-hydroxylation sites is 1. The molecule has 29 heavy (non-hydrogen) atoms. The average Bonchev–Trinajstić information content (AvgIpc) is 3.40. The van der Waals surface area contributed by atoms with Crippen molar-refractivity contribution in [2.75, 3.05) is 19.6 Å². The monoisotopic (exact) mass is 507 g/mol. The Hall–Kier alpha value is -2.03. The summed E-state index contributed by atoms with van der Waals surface area (Å²) < 4.78 is 7.91. The van der Waals surface area contributed by atoms with Crippen molar-refractivity contribution in [1.82, 2.24) is 20.0 Å². The molecular formula is C22H30IN5O. The Balaban J connectivity index is 0.00000240. The molecule has 1 aliphatic heterocycles. The van der Waals surface area contributed by atoms with Gasteiger partial charge in [-0.2, -0.15) is 5.10 Å². The van der Waals surface area contributed by atoms with Gasteiger partial charge in [0.05, 0.1) is 6.20 Å². The topological polar surface area (TPSA) is 58.6 Å². The minimum absolute atomic E-state index is 0. The Kier molecular flexibility index (Phi) is 7.21. The second-order valence-corrected chi connectivity index (χ2v) is 7.64. The van der Waals surface area contributed by atoms with Gasteiger partial charge in [-0.1, -0.05) is 18.2 Å². The fraction of sp³-hybridized carbons (Fsp3) is 0.455. The highest BCUT2D eigenvalue weighted by atomic mass is 127. The first-order valence-electron chi connectivity index (χ1n) is 10.1. The average molecular weight is 507 g/mol. The summed E-state index contributed by atoms with van der Waals surface area (Å²) in [6, 6.07) is 8.18. The van der Waals surface area contributed by atoms with Crippen LogP contribution in [0.25, 0.3) is 11.0 Å². The number of hydrogen-bond donors (Lipinski definition) is 1. The standard InChI is InChI=1S/C22H29N5O.HI/c1-4-23-22(24-13-21-16(2)19-7-5-6-8-20(19)28-21)27-10-9-17(15-27)11-18-12-25-26(3)14-18;/h5-8,12,14,17H,4,9-11,13,15H2,1-3H3,(H,23,24);1H. The number of guanidine groups is 1. The Morgan fingerprint density at radius 1 is 1.34 bits per heavy atom. The molecule has 0 radical (unpaired) electrons. The maximum absolute atomic E-state index is 6.03. The van der Waals surface area contributed by atoms with Gasteiger partial charge < -0.3 is 14.6 Å². The van der Waals surface area contributed by atoms with Gasteiger partial charge in [0, 0.05) is 43.8 Å². The van der Waals surface area contributed by atoms with Gasteiger partial charge >= 0.3 is 0 Å². The van der Waals surface area contributed by atoms with Gasteiger partial charge in [0.15, 0.2) is 5.96 Å². The predicted octanol–water partition coefficient (Wildman–Crippen LogP) is 4.12. The number of rotatable bonds is 5. The zero-order valence-corrected chi connectivity index (χ0v) is 19.7. The summed E-state index contributed by atoms with van der Waals surface area (Å²) in [7, 11) is 1.97. The van der Waals surface area contributed by atoms with Gasteiger partial charge in [0.1, 0.15) is 17.9 Å². The van der Waals surface area contributed by atoms with E-state index in [0.717, 1.165) is 43.4 Å². The number of aliphatic imine (C=N–C) groups is 1. The molecule has 1 unspecified atom stereocenters. The number of nitrogens with zero attached hydrogens (tertiary/aromatic N) is 4. The first-order valence-corrected chi connectivity index (χ1v) is 10.1. The minimum atomic E-state index is 0. The molecule has 1 saturated heterocycles. The van der Waals surface area contributed by atoms with Crippen molar-refractivity contribution in [2.45, 2.75) is 33.2 Å². The van der Waals surface area contributed by atoms with Crippen LogP contribution in [0.2, 0.25) is 0 Å². The minimum Gasteiger partial charge on any atom is -0.459 e. The number of furan rings is 1. The van der Waals surface area contributed by atoms with Crippen molar-refractivity contribution in [3.8, 4) is 0 Å². The van der Waals surface area contributed by atoms with E-state index in [-0.39, 0.29) is 24.0 Å². The molecule has 2 aromatic heterocycles. The molecular weight excluding hydrogens is 477 g/mol. The molecule has 1 N–H and O–H groups in total. The number of nitrogens with one attached hydrogen (secondary N) is 1. The Morgan fingerprint density at radius 2 is 2.17 bits per heavy atom. The SMILES string of the molecule is CCNC(=NCc1oc2ccccc2c1C)N1CCC(Cc2cnn(C)c2)C1.I. The smallest absolute Gasteiger partial charge is 0.194 e. The van der Waals surface area contributed by atoms with Crippen molar-refractivity contribution >= 4 is 40.9 Å². The summed E-state index contributed by atoms with van der Waals surface area (Å²) in [4.78, 5) is 7.27. The number of aromatic nitrogens is 2. The van der Waals surface area contributed by atoms with E-state index in [1.54, 1.807) is 0 Å². The number of likely N-dealkylation sites (tertiary alicyclic amines) is 1. The molecule has 1 fully saturated rings. The van der Waals surface area contributed by atoms with Gasteiger partial charge in [-0.05, 0) is 44.2 Å². The highest BCUT2D eigenvalue weighted by Crippen LogP contribution is 2.26. The van der Waals surface area contributed by atoms with Crippen LogP contribution < -0.4 is 5.32 Å². The Morgan fingerprint density at radius 3 is 2.90 bits per heavy atom.